The molecule has 2 heterocycles. The molecule has 1 aromatic carbocycles. The van der Waals surface area contributed by atoms with Gasteiger partial charge in [-0.3, -0.25) is 9.48 Å². The first-order valence-electron chi connectivity index (χ1n) is 7.61. The van der Waals surface area contributed by atoms with Gasteiger partial charge in [-0.1, -0.05) is 18.2 Å². The van der Waals surface area contributed by atoms with Crippen molar-refractivity contribution in [2.75, 3.05) is 6.26 Å². The number of benzene rings is 1. The van der Waals surface area contributed by atoms with Crippen LogP contribution in [0.15, 0.2) is 57.8 Å². The molecular formula is C17H14F3N3O2S2. The van der Waals surface area contributed by atoms with Gasteiger partial charge in [0.1, 0.15) is 0 Å². The van der Waals surface area contributed by atoms with Crippen LogP contribution in [0.3, 0.4) is 0 Å². The van der Waals surface area contributed by atoms with Gasteiger partial charge in [-0.2, -0.15) is 22.6 Å². The molecule has 0 spiro atoms. The van der Waals surface area contributed by atoms with Gasteiger partial charge in [0.25, 0.3) is 5.91 Å². The highest BCUT2D eigenvalue weighted by atomic mass is 32.2. The normalized spacial score (nSPS) is 14.0. The molecule has 0 fully saturated rings. The first kappa shape index (κ1) is 19.3. The fourth-order valence-corrected chi connectivity index (χ4v) is 4.53. The largest absolute Gasteiger partial charge is 0.435 e. The van der Waals surface area contributed by atoms with Crippen LogP contribution in [-0.2, 0) is 23.0 Å². The van der Waals surface area contributed by atoms with Gasteiger partial charge in [0.2, 0.25) is 0 Å². The Morgan fingerprint density at radius 1 is 1.19 bits per heavy atom. The topological polar surface area (TPSA) is 64.3 Å². The maximum absolute atomic E-state index is 12.8. The molecule has 1 amide bonds. The lowest BCUT2D eigenvalue weighted by molar-refractivity contribution is -0.141. The smallest absolute Gasteiger partial charge is 0.267 e. The predicted octanol–water partition coefficient (Wildman–Crippen LogP) is 4.46. The van der Waals surface area contributed by atoms with Crippen LogP contribution in [0.2, 0.25) is 0 Å². The Hall–Kier alpha value is -2.46. The van der Waals surface area contributed by atoms with E-state index in [0.29, 0.717) is 9.77 Å². The lowest BCUT2D eigenvalue weighted by atomic mass is 10.3. The maximum Gasteiger partial charge on any atom is 0.435 e. The number of nitrogens with zero attached hydrogens (tertiary/aromatic N) is 3. The number of rotatable bonds is 3. The highest BCUT2D eigenvalue weighted by Crippen LogP contribution is 2.34. The number of alkyl halides is 3. The van der Waals surface area contributed by atoms with Crippen molar-refractivity contribution in [2.45, 2.75) is 11.1 Å². The fraction of sp³-hybridized carbons (Fsp3) is 0.176. The molecule has 0 unspecified atom stereocenters. The summed E-state index contributed by atoms with van der Waals surface area (Å²) in [6.07, 6.45) is -3.18. The van der Waals surface area contributed by atoms with Crippen LogP contribution in [0.4, 0.5) is 13.2 Å². The number of carbonyl (C=O) groups excluding carboxylic acids is 1. The average molecular weight is 413 g/mol. The number of amides is 1. The van der Waals surface area contributed by atoms with Gasteiger partial charge in [-0.15, -0.1) is 11.3 Å². The van der Waals surface area contributed by atoms with E-state index in [1.54, 1.807) is 30.3 Å². The van der Waals surface area contributed by atoms with Crippen molar-refractivity contribution in [1.29, 1.82) is 0 Å². The Bertz CT molecular complexity index is 1110. The minimum atomic E-state index is -4.55. The molecule has 1 atom stereocenters. The van der Waals surface area contributed by atoms with Crippen LogP contribution in [-0.4, -0.2) is 26.2 Å². The molecule has 10 heteroatoms. The van der Waals surface area contributed by atoms with Crippen LogP contribution in [0.1, 0.15) is 15.4 Å². The Balaban J connectivity index is 1.93. The number of hydrogen-bond acceptors (Lipinski definition) is 4. The van der Waals surface area contributed by atoms with E-state index in [2.05, 4.69) is 9.46 Å². The summed E-state index contributed by atoms with van der Waals surface area (Å²) in [4.78, 5) is 13.4. The monoisotopic (exact) mass is 413 g/mol. The number of thiophene rings is 1. The highest BCUT2D eigenvalue weighted by molar-refractivity contribution is 7.93. The molecule has 0 aliphatic rings. The van der Waals surface area contributed by atoms with E-state index in [4.69, 9.17) is 0 Å². The number of halogens is 3. The van der Waals surface area contributed by atoms with E-state index in [9.17, 15) is 22.2 Å². The van der Waals surface area contributed by atoms with Crippen molar-refractivity contribution < 1.29 is 22.2 Å². The summed E-state index contributed by atoms with van der Waals surface area (Å²) in [5, 5.41) is 3.46. The summed E-state index contributed by atoms with van der Waals surface area (Å²) >= 11 is 0.971. The van der Waals surface area contributed by atoms with Crippen LogP contribution in [0.5, 0.6) is 0 Å². The molecular weight excluding hydrogens is 399 g/mol. The minimum Gasteiger partial charge on any atom is -0.267 e. The molecule has 5 nitrogen and oxygen atoms in total. The molecule has 3 rings (SSSR count). The SMILES string of the molecule is Cn1nc(C(F)(F)F)cc1-c1ccc(C(=O)N=[S@](C)(=O)c2ccccc2)s1. The lowest BCUT2D eigenvalue weighted by Gasteiger charge is -2.02. The number of aryl methyl sites for hydroxylation is 1. The van der Waals surface area contributed by atoms with Crippen LogP contribution < -0.4 is 0 Å². The lowest BCUT2D eigenvalue weighted by Crippen LogP contribution is -2.06. The zero-order valence-electron chi connectivity index (χ0n) is 14.2. The second-order valence-corrected chi connectivity index (χ2v) is 9.05. The van der Waals surface area contributed by atoms with Gasteiger partial charge in [-0.05, 0) is 30.3 Å². The third-order valence-corrected chi connectivity index (χ3v) is 6.43. The predicted molar refractivity (Wildman–Crippen MR) is 97.1 cm³/mol. The maximum atomic E-state index is 12.8. The average Bonchev–Trinajstić information content (AvgIpc) is 3.21. The molecule has 0 radical (unpaired) electrons. The summed E-state index contributed by atoms with van der Waals surface area (Å²) in [7, 11) is -1.53. The molecule has 3 aromatic rings. The third-order valence-electron chi connectivity index (χ3n) is 3.68. The summed E-state index contributed by atoms with van der Waals surface area (Å²) in [5.74, 6) is -0.680. The Labute approximate surface area is 157 Å². The van der Waals surface area contributed by atoms with Crippen molar-refractivity contribution in [3.05, 3.63) is 59.1 Å². The van der Waals surface area contributed by atoms with Gasteiger partial charge in [-0.25, -0.2) is 4.21 Å². The number of carbonyl (C=O) groups is 1. The number of aromatic nitrogens is 2. The zero-order chi connectivity index (χ0) is 19.8. The summed E-state index contributed by atoms with van der Waals surface area (Å²) in [6.45, 7) is 0. The van der Waals surface area contributed by atoms with E-state index in [1.807, 2.05) is 0 Å². The van der Waals surface area contributed by atoms with Gasteiger partial charge < -0.3 is 0 Å². The minimum absolute atomic E-state index is 0.185. The summed E-state index contributed by atoms with van der Waals surface area (Å²) < 4.78 is 56.0. The van der Waals surface area contributed by atoms with Crippen molar-refractivity contribution in [3.63, 3.8) is 0 Å². The van der Waals surface area contributed by atoms with E-state index in [1.165, 1.54) is 25.4 Å². The van der Waals surface area contributed by atoms with Gasteiger partial charge in [0.15, 0.2) is 5.69 Å². The van der Waals surface area contributed by atoms with E-state index >= 15 is 0 Å². The first-order chi connectivity index (χ1) is 12.6. The molecule has 142 valence electrons. The first-order valence-corrected chi connectivity index (χ1v) is 10.3. The molecule has 0 saturated heterocycles. The van der Waals surface area contributed by atoms with Crippen molar-refractivity contribution in [1.82, 2.24) is 9.78 Å². The highest BCUT2D eigenvalue weighted by Gasteiger charge is 2.34. The Morgan fingerprint density at radius 2 is 1.85 bits per heavy atom. The van der Waals surface area contributed by atoms with Crippen molar-refractivity contribution >= 4 is 27.0 Å². The van der Waals surface area contributed by atoms with E-state index in [-0.39, 0.29) is 10.6 Å². The third kappa shape index (κ3) is 4.11. The Kier molecular flexibility index (Phi) is 4.96. The standard InChI is InChI=1S/C17H14F3N3O2S2/c1-23-12(10-15(21-23)17(18,19)20)13-8-9-14(26-13)16(24)22-27(2,25)11-6-4-3-5-7-11/h3-10H,1-2H3/t27-/m1/s1. The quantitative estimate of drug-likeness (QED) is 0.637. The molecule has 0 bridgehead atoms. The molecule has 0 saturated carbocycles. The van der Waals surface area contributed by atoms with Crippen LogP contribution in [0.25, 0.3) is 10.6 Å². The second kappa shape index (κ2) is 6.93. The van der Waals surface area contributed by atoms with Crippen LogP contribution in [0, 0.1) is 0 Å². The second-order valence-electron chi connectivity index (χ2n) is 5.71. The molecule has 2 aromatic heterocycles. The Morgan fingerprint density at radius 3 is 2.44 bits per heavy atom. The summed E-state index contributed by atoms with van der Waals surface area (Å²) in [5.41, 5.74) is -0.779. The van der Waals surface area contributed by atoms with Crippen molar-refractivity contribution in [3.8, 4) is 10.6 Å². The van der Waals surface area contributed by atoms with E-state index in [0.717, 1.165) is 22.1 Å². The molecule has 0 aliphatic heterocycles. The molecule has 0 N–H and O–H groups in total. The zero-order valence-corrected chi connectivity index (χ0v) is 15.9. The number of hydrogen-bond donors (Lipinski definition) is 0. The van der Waals surface area contributed by atoms with Gasteiger partial charge >= 0.3 is 6.18 Å². The van der Waals surface area contributed by atoms with Gasteiger partial charge in [0, 0.05) is 18.2 Å². The van der Waals surface area contributed by atoms with Gasteiger partial charge in [0.05, 0.1) is 25.2 Å². The fourth-order valence-electron chi connectivity index (χ4n) is 2.36. The van der Waals surface area contributed by atoms with E-state index < -0.39 is 27.5 Å². The molecule has 27 heavy (non-hydrogen) atoms. The summed E-state index contributed by atoms with van der Waals surface area (Å²) in [6, 6.07) is 12.3. The van der Waals surface area contributed by atoms with Crippen LogP contribution >= 0.6 is 11.3 Å². The van der Waals surface area contributed by atoms with Crippen molar-refractivity contribution in [2.24, 2.45) is 11.4 Å². The molecule has 0 aliphatic carbocycles.